The number of rotatable bonds is 3. The van der Waals surface area contributed by atoms with Gasteiger partial charge in [0.25, 0.3) is 0 Å². The highest BCUT2D eigenvalue weighted by Gasteiger charge is 2.27. The first-order valence-corrected chi connectivity index (χ1v) is 7.79. The predicted octanol–water partition coefficient (Wildman–Crippen LogP) is 3.55. The van der Waals surface area contributed by atoms with Gasteiger partial charge in [-0.25, -0.2) is 0 Å². The Balaban J connectivity index is 1.64. The minimum atomic E-state index is 0.218. The molecule has 2 atom stereocenters. The molecule has 1 aromatic rings. The average Bonchev–Trinajstić information content (AvgIpc) is 3.04. The predicted molar refractivity (Wildman–Crippen MR) is 74.9 cm³/mol. The number of hydrogen-bond acceptors (Lipinski definition) is 2. The molecule has 3 heteroatoms. The molecule has 3 rings (SSSR count). The topological polar surface area (TPSA) is 34.9 Å². The first-order chi connectivity index (χ1) is 9.22. The molecular weight excluding hydrogens is 236 g/mol. The van der Waals surface area contributed by atoms with E-state index in [9.17, 15) is 4.79 Å². The first kappa shape index (κ1) is 12.9. The number of nitrogens with zero attached hydrogens (tertiary/aromatic N) is 2. The summed E-state index contributed by atoms with van der Waals surface area (Å²) < 4.78 is 2.14. The molecule has 0 bridgehead atoms. The molecule has 3 nitrogen and oxygen atoms in total. The molecule has 0 N–H and O–H groups in total. The second-order valence-corrected chi connectivity index (χ2v) is 6.47. The van der Waals surface area contributed by atoms with Crippen molar-refractivity contribution in [1.82, 2.24) is 9.78 Å². The third-order valence-corrected chi connectivity index (χ3v) is 4.84. The fourth-order valence-corrected chi connectivity index (χ4v) is 3.64. The maximum absolute atomic E-state index is 12.0. The Hall–Kier alpha value is -1.12. The molecule has 104 valence electrons. The zero-order valence-electron chi connectivity index (χ0n) is 11.8. The number of carbonyl (C=O) groups excluding carboxylic acids is 1. The van der Waals surface area contributed by atoms with Crippen LogP contribution >= 0.6 is 0 Å². The molecule has 0 spiro atoms. The normalized spacial score (nSPS) is 29.0. The van der Waals surface area contributed by atoms with E-state index in [0.717, 1.165) is 31.4 Å². The molecule has 0 amide bonds. The van der Waals surface area contributed by atoms with Crippen molar-refractivity contribution >= 4 is 5.78 Å². The van der Waals surface area contributed by atoms with Crippen LogP contribution in [0.1, 0.15) is 63.6 Å². The van der Waals surface area contributed by atoms with Gasteiger partial charge in [-0.15, -0.1) is 0 Å². The number of ketones is 1. The molecule has 0 aromatic carbocycles. The van der Waals surface area contributed by atoms with E-state index in [1.54, 1.807) is 0 Å². The lowest BCUT2D eigenvalue weighted by Crippen LogP contribution is -2.25. The second-order valence-electron chi connectivity index (χ2n) is 6.47. The van der Waals surface area contributed by atoms with Gasteiger partial charge in [-0.05, 0) is 37.7 Å². The molecule has 1 heterocycles. The van der Waals surface area contributed by atoms with Crippen molar-refractivity contribution in [3.05, 3.63) is 18.0 Å². The van der Waals surface area contributed by atoms with Crippen LogP contribution in [0.4, 0.5) is 0 Å². The molecule has 2 unspecified atom stereocenters. The van der Waals surface area contributed by atoms with Crippen molar-refractivity contribution in [2.45, 2.75) is 64.3 Å². The van der Waals surface area contributed by atoms with E-state index in [1.165, 1.54) is 25.7 Å². The van der Waals surface area contributed by atoms with Gasteiger partial charge in [-0.3, -0.25) is 9.48 Å². The SMILES string of the molecule is CC1CCC(=O)C(Cc2ccn(C3CCCC3)n2)C1. The third kappa shape index (κ3) is 2.90. The fourth-order valence-electron chi connectivity index (χ4n) is 3.64. The summed E-state index contributed by atoms with van der Waals surface area (Å²) in [5.74, 6) is 1.36. The van der Waals surface area contributed by atoms with Gasteiger partial charge in [0, 0.05) is 25.0 Å². The van der Waals surface area contributed by atoms with Gasteiger partial charge in [0.15, 0.2) is 0 Å². The number of Topliss-reactive ketones (excluding diaryl/α,β-unsaturated/α-hetero) is 1. The quantitative estimate of drug-likeness (QED) is 0.833. The van der Waals surface area contributed by atoms with Crippen LogP contribution in [0.25, 0.3) is 0 Å². The summed E-state index contributed by atoms with van der Waals surface area (Å²) in [5.41, 5.74) is 1.11. The van der Waals surface area contributed by atoms with E-state index in [4.69, 9.17) is 5.10 Å². The molecule has 0 saturated heterocycles. The third-order valence-electron chi connectivity index (χ3n) is 4.84. The molecule has 2 aliphatic carbocycles. The lowest BCUT2D eigenvalue weighted by atomic mass is 9.79. The minimum absolute atomic E-state index is 0.218. The monoisotopic (exact) mass is 260 g/mol. The van der Waals surface area contributed by atoms with E-state index >= 15 is 0 Å². The molecule has 0 aliphatic heterocycles. The summed E-state index contributed by atoms with van der Waals surface area (Å²) in [4.78, 5) is 12.0. The zero-order valence-corrected chi connectivity index (χ0v) is 11.8. The van der Waals surface area contributed by atoms with Crippen molar-refractivity contribution < 1.29 is 4.79 Å². The van der Waals surface area contributed by atoms with Gasteiger partial charge >= 0.3 is 0 Å². The summed E-state index contributed by atoms with van der Waals surface area (Å²) in [6, 6.07) is 2.72. The Morgan fingerprint density at radius 3 is 2.89 bits per heavy atom. The summed E-state index contributed by atoms with van der Waals surface area (Å²) in [5, 5.41) is 4.71. The summed E-state index contributed by atoms with van der Waals surface area (Å²) in [6.45, 7) is 2.26. The van der Waals surface area contributed by atoms with E-state index in [-0.39, 0.29) is 5.92 Å². The lowest BCUT2D eigenvalue weighted by Gasteiger charge is -2.24. The Morgan fingerprint density at radius 2 is 2.11 bits per heavy atom. The van der Waals surface area contributed by atoms with Crippen molar-refractivity contribution in [3.8, 4) is 0 Å². The Morgan fingerprint density at radius 1 is 1.32 bits per heavy atom. The van der Waals surface area contributed by atoms with Crippen LogP contribution in [-0.4, -0.2) is 15.6 Å². The second kappa shape index (κ2) is 5.48. The zero-order chi connectivity index (χ0) is 13.2. The molecule has 1 aromatic heterocycles. The van der Waals surface area contributed by atoms with Crippen LogP contribution in [0.2, 0.25) is 0 Å². The van der Waals surface area contributed by atoms with E-state index in [1.807, 2.05) is 0 Å². The Bertz CT molecular complexity index is 445. The van der Waals surface area contributed by atoms with E-state index in [2.05, 4.69) is 23.9 Å². The lowest BCUT2D eigenvalue weighted by molar-refractivity contribution is -0.125. The van der Waals surface area contributed by atoms with Crippen molar-refractivity contribution in [1.29, 1.82) is 0 Å². The molecule has 2 fully saturated rings. The van der Waals surface area contributed by atoms with Crippen molar-refractivity contribution in [2.75, 3.05) is 0 Å². The molecular formula is C16H24N2O. The van der Waals surface area contributed by atoms with Crippen LogP contribution < -0.4 is 0 Å². The number of carbonyl (C=O) groups is 1. The summed E-state index contributed by atoms with van der Waals surface area (Å²) in [7, 11) is 0. The smallest absolute Gasteiger partial charge is 0.136 e. The van der Waals surface area contributed by atoms with Crippen molar-refractivity contribution in [2.24, 2.45) is 11.8 Å². The summed E-state index contributed by atoms with van der Waals surface area (Å²) >= 11 is 0. The first-order valence-electron chi connectivity index (χ1n) is 7.79. The summed E-state index contributed by atoms with van der Waals surface area (Å²) in [6.07, 6.45) is 11.1. The highest BCUT2D eigenvalue weighted by atomic mass is 16.1. The van der Waals surface area contributed by atoms with E-state index < -0.39 is 0 Å². The van der Waals surface area contributed by atoms with E-state index in [0.29, 0.717) is 17.7 Å². The number of aromatic nitrogens is 2. The molecule has 19 heavy (non-hydrogen) atoms. The Kier molecular flexibility index (Phi) is 3.72. The standard InChI is InChI=1S/C16H24N2O/c1-12-6-7-16(19)13(10-12)11-14-8-9-18(17-14)15-4-2-3-5-15/h8-9,12-13,15H,2-7,10-11H2,1H3. The highest BCUT2D eigenvalue weighted by Crippen LogP contribution is 2.30. The van der Waals surface area contributed by atoms with Gasteiger partial charge in [0.05, 0.1) is 11.7 Å². The molecule has 0 radical (unpaired) electrons. The maximum atomic E-state index is 12.0. The highest BCUT2D eigenvalue weighted by molar-refractivity contribution is 5.81. The van der Waals surface area contributed by atoms with Crippen LogP contribution in [0.15, 0.2) is 12.3 Å². The van der Waals surface area contributed by atoms with Gasteiger partial charge in [0.1, 0.15) is 5.78 Å². The maximum Gasteiger partial charge on any atom is 0.136 e. The van der Waals surface area contributed by atoms with Crippen LogP contribution in [0.3, 0.4) is 0 Å². The average molecular weight is 260 g/mol. The van der Waals surface area contributed by atoms with Gasteiger partial charge in [-0.2, -0.15) is 5.10 Å². The van der Waals surface area contributed by atoms with Gasteiger partial charge in [0.2, 0.25) is 0 Å². The van der Waals surface area contributed by atoms with Crippen molar-refractivity contribution in [3.63, 3.8) is 0 Å². The fraction of sp³-hybridized carbons (Fsp3) is 0.750. The minimum Gasteiger partial charge on any atom is -0.299 e. The Labute approximate surface area is 115 Å². The van der Waals surface area contributed by atoms with Gasteiger partial charge < -0.3 is 0 Å². The van der Waals surface area contributed by atoms with Crippen LogP contribution in [-0.2, 0) is 11.2 Å². The number of hydrogen-bond donors (Lipinski definition) is 0. The van der Waals surface area contributed by atoms with Crippen LogP contribution in [0, 0.1) is 11.8 Å². The molecule has 2 saturated carbocycles. The van der Waals surface area contributed by atoms with Gasteiger partial charge in [-0.1, -0.05) is 19.8 Å². The van der Waals surface area contributed by atoms with Crippen LogP contribution in [0.5, 0.6) is 0 Å². The largest absolute Gasteiger partial charge is 0.299 e. The molecule has 2 aliphatic rings.